The number of unbranched alkanes of at least 4 members (excludes halogenated alkanes) is 1. The van der Waals surface area contributed by atoms with Gasteiger partial charge in [-0.1, -0.05) is 44.2 Å². The Morgan fingerprint density at radius 1 is 0.929 bits per heavy atom. The summed E-state index contributed by atoms with van der Waals surface area (Å²) in [7, 11) is 3.28. The van der Waals surface area contributed by atoms with Crippen molar-refractivity contribution in [3.8, 4) is 11.5 Å². The number of hydrogen-bond acceptors (Lipinski definition) is 6. The van der Waals surface area contributed by atoms with E-state index in [0.717, 1.165) is 47.7 Å². The number of hydrogen-bond donors (Lipinski definition) is 2. The molecule has 0 atom stereocenters. The Labute approximate surface area is 248 Å². The molecule has 1 aromatic heterocycles. The molecule has 0 aliphatic carbocycles. The van der Waals surface area contributed by atoms with Crippen molar-refractivity contribution in [1.29, 1.82) is 0 Å². The van der Waals surface area contributed by atoms with Crippen molar-refractivity contribution in [1.82, 2.24) is 4.98 Å². The molecular formula is C34H42N2O6. The molecule has 3 aromatic rings. The average Bonchev–Trinajstić information content (AvgIpc) is 3.00. The molecule has 1 heterocycles. The van der Waals surface area contributed by atoms with Crippen LogP contribution in [0.3, 0.4) is 0 Å². The molecule has 1 amide bonds. The molecule has 3 rings (SSSR count). The molecule has 0 unspecified atom stereocenters. The Balaban J connectivity index is 1.47. The lowest BCUT2D eigenvalue weighted by molar-refractivity contribution is -0.151. The Morgan fingerprint density at radius 3 is 2.40 bits per heavy atom. The van der Waals surface area contributed by atoms with Crippen LogP contribution < -0.4 is 14.8 Å². The topological polar surface area (TPSA) is 107 Å². The molecule has 0 fully saturated rings. The molecule has 0 saturated carbocycles. The molecular weight excluding hydrogens is 532 g/mol. The van der Waals surface area contributed by atoms with Crippen LogP contribution in [0.15, 0.2) is 60.7 Å². The molecule has 8 nitrogen and oxygen atoms in total. The van der Waals surface area contributed by atoms with Crippen molar-refractivity contribution in [3.63, 3.8) is 0 Å². The third-order valence-electron chi connectivity index (χ3n) is 7.45. The largest absolute Gasteiger partial charge is 0.493 e. The van der Waals surface area contributed by atoms with E-state index >= 15 is 0 Å². The Kier molecular flexibility index (Phi) is 12.6. The van der Waals surface area contributed by atoms with E-state index in [-0.39, 0.29) is 12.3 Å². The molecule has 0 spiro atoms. The molecule has 0 radical (unpaired) electrons. The Morgan fingerprint density at radius 2 is 1.69 bits per heavy atom. The lowest BCUT2D eigenvalue weighted by Gasteiger charge is -2.25. The van der Waals surface area contributed by atoms with E-state index in [1.807, 2.05) is 60.7 Å². The zero-order valence-electron chi connectivity index (χ0n) is 25.0. The van der Waals surface area contributed by atoms with Gasteiger partial charge >= 0.3 is 5.97 Å². The molecule has 0 saturated heterocycles. The number of aryl methyl sites for hydroxylation is 1. The van der Waals surface area contributed by atoms with E-state index in [2.05, 4.69) is 16.4 Å². The summed E-state index contributed by atoms with van der Waals surface area (Å²) in [6, 6.07) is 19.3. The lowest BCUT2D eigenvalue weighted by atomic mass is 9.79. The van der Waals surface area contributed by atoms with Crippen molar-refractivity contribution < 1.29 is 28.9 Å². The maximum atomic E-state index is 12.6. The number of nitrogens with zero attached hydrogens (tertiary/aromatic N) is 1. The first-order chi connectivity index (χ1) is 20.3. The molecule has 8 heteroatoms. The smallest absolute Gasteiger partial charge is 0.310 e. The van der Waals surface area contributed by atoms with Gasteiger partial charge in [-0.15, -0.1) is 0 Å². The number of nitrogens with one attached hydrogen (secondary N) is 1. The van der Waals surface area contributed by atoms with Gasteiger partial charge in [0.2, 0.25) is 5.91 Å². The van der Waals surface area contributed by atoms with E-state index in [9.17, 15) is 14.7 Å². The molecule has 42 heavy (non-hydrogen) atoms. The number of methoxy groups -OCH3 is 2. The maximum absolute atomic E-state index is 12.6. The second-order valence-electron chi connectivity index (χ2n) is 10.2. The summed E-state index contributed by atoms with van der Waals surface area (Å²) < 4.78 is 16.5. The number of carbonyl (C=O) groups is 2. The van der Waals surface area contributed by atoms with Crippen LogP contribution in [0, 0.1) is 5.41 Å². The number of amides is 1. The fourth-order valence-corrected chi connectivity index (χ4v) is 4.71. The predicted octanol–water partition coefficient (Wildman–Crippen LogP) is 7.03. The van der Waals surface area contributed by atoms with Gasteiger partial charge < -0.3 is 24.6 Å². The van der Waals surface area contributed by atoms with Crippen LogP contribution >= 0.6 is 0 Å². The SMILES string of the molecule is CCC(CC)(CC(=O)Nc1cccc(C=Cc2cccc(COCCCCc3ccc(OC)c(OC)c3)n2)c1)C(=O)O. The number of anilines is 1. The summed E-state index contributed by atoms with van der Waals surface area (Å²) >= 11 is 0. The van der Waals surface area contributed by atoms with Gasteiger partial charge in [0.25, 0.3) is 0 Å². The molecule has 224 valence electrons. The number of aliphatic carboxylic acids is 1. The zero-order chi connectivity index (χ0) is 30.4. The minimum absolute atomic E-state index is 0.0634. The van der Waals surface area contributed by atoms with E-state index in [1.165, 1.54) is 5.56 Å². The second kappa shape index (κ2) is 16.3. The van der Waals surface area contributed by atoms with Gasteiger partial charge in [-0.05, 0) is 85.7 Å². The average molecular weight is 575 g/mol. The van der Waals surface area contributed by atoms with Crippen molar-refractivity contribution in [2.24, 2.45) is 5.41 Å². The van der Waals surface area contributed by atoms with Crippen LogP contribution in [0.4, 0.5) is 5.69 Å². The van der Waals surface area contributed by atoms with Crippen molar-refractivity contribution in [3.05, 3.63) is 83.2 Å². The van der Waals surface area contributed by atoms with Gasteiger partial charge in [0, 0.05) is 18.7 Å². The van der Waals surface area contributed by atoms with E-state index in [4.69, 9.17) is 14.2 Å². The number of aromatic nitrogens is 1. The molecule has 2 N–H and O–H groups in total. The van der Waals surface area contributed by atoms with Gasteiger partial charge in [0.05, 0.1) is 37.6 Å². The van der Waals surface area contributed by atoms with E-state index in [1.54, 1.807) is 34.1 Å². The fraction of sp³-hybridized carbons (Fsp3) is 0.382. The highest BCUT2D eigenvalue weighted by Gasteiger charge is 2.37. The van der Waals surface area contributed by atoms with Crippen LogP contribution in [-0.2, 0) is 27.4 Å². The first-order valence-corrected chi connectivity index (χ1v) is 14.4. The van der Waals surface area contributed by atoms with Gasteiger partial charge in [-0.3, -0.25) is 14.6 Å². The number of ether oxygens (including phenoxy) is 3. The molecule has 0 aliphatic heterocycles. The summed E-state index contributed by atoms with van der Waals surface area (Å²) in [4.78, 5) is 29.0. The number of carboxylic acid groups (broad SMARTS) is 1. The Bertz CT molecular complexity index is 1350. The summed E-state index contributed by atoms with van der Waals surface area (Å²) in [5.74, 6) is 0.230. The number of rotatable bonds is 17. The molecule has 0 bridgehead atoms. The number of carbonyl (C=O) groups excluding carboxylic acids is 1. The number of pyridine rings is 1. The van der Waals surface area contributed by atoms with Crippen LogP contribution in [0.25, 0.3) is 12.2 Å². The van der Waals surface area contributed by atoms with Gasteiger partial charge in [-0.25, -0.2) is 0 Å². The van der Waals surface area contributed by atoms with E-state index in [0.29, 0.717) is 31.7 Å². The van der Waals surface area contributed by atoms with E-state index < -0.39 is 11.4 Å². The highest BCUT2D eigenvalue weighted by atomic mass is 16.5. The van der Waals surface area contributed by atoms with Gasteiger partial charge in [0.15, 0.2) is 11.5 Å². The normalized spacial score (nSPS) is 11.4. The van der Waals surface area contributed by atoms with Crippen LogP contribution in [-0.4, -0.2) is 42.8 Å². The summed E-state index contributed by atoms with van der Waals surface area (Å²) in [5.41, 5.74) is 3.32. The number of carboxylic acids is 1. The molecule has 2 aromatic carbocycles. The van der Waals surface area contributed by atoms with Crippen molar-refractivity contribution >= 4 is 29.7 Å². The maximum Gasteiger partial charge on any atom is 0.310 e. The summed E-state index contributed by atoms with van der Waals surface area (Å²) in [6.07, 6.45) is 7.45. The second-order valence-corrected chi connectivity index (χ2v) is 10.2. The monoisotopic (exact) mass is 574 g/mol. The minimum Gasteiger partial charge on any atom is -0.493 e. The standard InChI is InChI=1S/C34H42N2O6/c1-5-34(6-2,33(38)39)23-32(37)36-28-14-9-12-25(21-28)16-18-27-13-10-15-29(35-27)24-42-20-8-7-11-26-17-19-30(40-3)31(22-26)41-4/h9-10,12-19,21-22H,5-8,11,20,23-24H2,1-4H3,(H,36,37)(H,38,39). The summed E-state index contributed by atoms with van der Waals surface area (Å²) in [5, 5.41) is 12.5. The van der Waals surface area contributed by atoms with Crippen molar-refractivity contribution in [2.75, 3.05) is 26.1 Å². The number of benzene rings is 2. The summed E-state index contributed by atoms with van der Waals surface area (Å²) in [6.45, 7) is 4.69. The van der Waals surface area contributed by atoms with Gasteiger partial charge in [-0.2, -0.15) is 0 Å². The van der Waals surface area contributed by atoms with Crippen LogP contribution in [0.2, 0.25) is 0 Å². The van der Waals surface area contributed by atoms with Crippen molar-refractivity contribution in [2.45, 2.75) is 59.0 Å². The van der Waals surface area contributed by atoms with Crippen LogP contribution in [0.5, 0.6) is 11.5 Å². The highest BCUT2D eigenvalue weighted by molar-refractivity contribution is 5.94. The fourth-order valence-electron chi connectivity index (χ4n) is 4.71. The Hall–Kier alpha value is -4.17. The lowest BCUT2D eigenvalue weighted by Crippen LogP contribution is -2.34. The highest BCUT2D eigenvalue weighted by Crippen LogP contribution is 2.31. The predicted molar refractivity (Wildman–Crippen MR) is 166 cm³/mol. The van der Waals surface area contributed by atoms with Gasteiger partial charge in [0.1, 0.15) is 0 Å². The minimum atomic E-state index is -1.05. The zero-order valence-corrected chi connectivity index (χ0v) is 25.0. The quantitative estimate of drug-likeness (QED) is 0.167. The third-order valence-corrected chi connectivity index (χ3v) is 7.45. The first kappa shape index (κ1) is 32.3. The third kappa shape index (κ3) is 9.45. The molecule has 0 aliphatic rings. The van der Waals surface area contributed by atoms with Crippen LogP contribution in [0.1, 0.15) is 68.5 Å². The first-order valence-electron chi connectivity index (χ1n) is 14.4.